The van der Waals surface area contributed by atoms with Crippen LogP contribution in [0.2, 0.25) is 0 Å². The molecule has 1 aliphatic rings. The van der Waals surface area contributed by atoms with Crippen molar-refractivity contribution in [2.45, 2.75) is 31.3 Å². The van der Waals surface area contributed by atoms with Crippen molar-refractivity contribution in [2.75, 3.05) is 36.5 Å². The second-order valence-electron chi connectivity index (χ2n) is 4.93. The maximum atomic E-state index is 12.0. The third-order valence-corrected chi connectivity index (χ3v) is 4.40. The van der Waals surface area contributed by atoms with E-state index in [1.807, 2.05) is 11.8 Å². The van der Waals surface area contributed by atoms with E-state index in [9.17, 15) is 8.42 Å². The van der Waals surface area contributed by atoms with Crippen LogP contribution in [-0.4, -0.2) is 50.1 Å². The van der Waals surface area contributed by atoms with Gasteiger partial charge in [0.2, 0.25) is 0 Å². The van der Waals surface area contributed by atoms with E-state index >= 15 is 0 Å². The lowest BCUT2D eigenvalue weighted by Gasteiger charge is -2.32. The highest BCUT2D eigenvalue weighted by molar-refractivity contribution is 7.91. The molecule has 0 aromatic carbocycles. The van der Waals surface area contributed by atoms with Crippen LogP contribution in [0, 0.1) is 0 Å². The van der Waals surface area contributed by atoms with Crippen molar-refractivity contribution in [3.63, 3.8) is 0 Å². The summed E-state index contributed by atoms with van der Waals surface area (Å²) in [6, 6.07) is 0.300. The van der Waals surface area contributed by atoms with Gasteiger partial charge in [0, 0.05) is 38.5 Å². The summed E-state index contributed by atoms with van der Waals surface area (Å²) in [4.78, 5) is 2.14. The molecule has 7 nitrogen and oxygen atoms in total. The minimum atomic E-state index is -3.39. The van der Waals surface area contributed by atoms with Crippen molar-refractivity contribution in [1.82, 2.24) is 15.1 Å². The Morgan fingerprint density at radius 1 is 1.53 bits per heavy atom. The van der Waals surface area contributed by atoms with Crippen LogP contribution >= 0.6 is 0 Å². The molecule has 2 rings (SSSR count). The number of aryl methyl sites for hydroxylation is 1. The Hall–Kier alpha value is -1.28. The second-order valence-corrected chi connectivity index (χ2v) is 6.88. The normalized spacial score (nSPS) is 20.8. The van der Waals surface area contributed by atoms with Crippen LogP contribution in [0.3, 0.4) is 0 Å². The van der Waals surface area contributed by atoms with Gasteiger partial charge in [-0.05, 0) is 13.8 Å². The van der Waals surface area contributed by atoms with E-state index in [4.69, 9.17) is 5.73 Å². The van der Waals surface area contributed by atoms with E-state index in [0.717, 1.165) is 19.6 Å². The SMILES string of the molecule is CCn1nc(N2CCN[C@@H](C)C2)c(S(C)(=O)=O)c1N. The van der Waals surface area contributed by atoms with Gasteiger partial charge in [-0.15, -0.1) is 0 Å². The van der Waals surface area contributed by atoms with Gasteiger partial charge >= 0.3 is 0 Å². The minimum absolute atomic E-state index is 0.156. The van der Waals surface area contributed by atoms with E-state index in [1.54, 1.807) is 4.68 Å². The molecule has 8 heteroatoms. The predicted molar refractivity (Wildman–Crippen MR) is 75.1 cm³/mol. The molecule has 1 aromatic heterocycles. The largest absolute Gasteiger partial charge is 0.383 e. The van der Waals surface area contributed by atoms with Gasteiger partial charge in [-0.25, -0.2) is 13.1 Å². The van der Waals surface area contributed by atoms with Crippen LogP contribution in [-0.2, 0) is 16.4 Å². The summed E-state index contributed by atoms with van der Waals surface area (Å²) < 4.78 is 25.4. The summed E-state index contributed by atoms with van der Waals surface area (Å²) >= 11 is 0. The van der Waals surface area contributed by atoms with Crippen molar-refractivity contribution >= 4 is 21.5 Å². The molecule has 1 aromatic rings. The number of nitrogens with zero attached hydrogens (tertiary/aromatic N) is 3. The molecule has 0 bridgehead atoms. The predicted octanol–water partition coefficient (Wildman–Crippen LogP) is -0.313. The number of hydrogen-bond acceptors (Lipinski definition) is 6. The van der Waals surface area contributed by atoms with Crippen LogP contribution < -0.4 is 16.0 Å². The third-order valence-electron chi connectivity index (χ3n) is 3.27. The van der Waals surface area contributed by atoms with E-state index in [1.165, 1.54) is 6.26 Å². The smallest absolute Gasteiger partial charge is 0.182 e. The maximum Gasteiger partial charge on any atom is 0.182 e. The molecular formula is C11H21N5O2S. The van der Waals surface area contributed by atoms with Crippen LogP contribution in [0.1, 0.15) is 13.8 Å². The Balaban J connectivity index is 2.50. The average Bonchev–Trinajstić information content (AvgIpc) is 2.66. The molecule has 1 saturated heterocycles. The zero-order valence-corrected chi connectivity index (χ0v) is 12.4. The van der Waals surface area contributed by atoms with E-state index in [-0.39, 0.29) is 10.7 Å². The number of nitrogens with two attached hydrogens (primary N) is 1. The molecular weight excluding hydrogens is 266 g/mol. The number of nitrogens with one attached hydrogen (secondary N) is 1. The minimum Gasteiger partial charge on any atom is -0.383 e. The summed E-state index contributed by atoms with van der Waals surface area (Å²) in [5.74, 6) is 0.710. The van der Waals surface area contributed by atoms with E-state index in [2.05, 4.69) is 17.3 Å². The number of aromatic nitrogens is 2. The standard InChI is InChI=1S/C11H21N5O2S/c1-4-16-10(12)9(19(3,17)18)11(14-16)15-6-5-13-8(2)7-15/h8,13H,4-7,12H2,1-3H3/t8-/m0/s1. The lowest BCUT2D eigenvalue weighted by atomic mass is 10.2. The molecule has 19 heavy (non-hydrogen) atoms. The summed E-state index contributed by atoms with van der Waals surface area (Å²) in [6.45, 7) is 6.76. The monoisotopic (exact) mass is 287 g/mol. The summed E-state index contributed by atoms with van der Waals surface area (Å²) in [7, 11) is -3.39. The summed E-state index contributed by atoms with van der Waals surface area (Å²) in [5, 5.41) is 7.68. The van der Waals surface area contributed by atoms with Gasteiger partial charge in [0.25, 0.3) is 0 Å². The highest BCUT2D eigenvalue weighted by Crippen LogP contribution is 2.30. The van der Waals surface area contributed by atoms with Gasteiger partial charge < -0.3 is 16.0 Å². The van der Waals surface area contributed by atoms with Gasteiger partial charge in [0.1, 0.15) is 5.82 Å². The summed E-state index contributed by atoms with van der Waals surface area (Å²) in [5.41, 5.74) is 5.92. The average molecular weight is 287 g/mol. The molecule has 0 radical (unpaired) electrons. The first-order valence-electron chi connectivity index (χ1n) is 6.39. The Morgan fingerprint density at radius 3 is 2.74 bits per heavy atom. The number of rotatable bonds is 3. The highest BCUT2D eigenvalue weighted by atomic mass is 32.2. The molecule has 0 spiro atoms. The first-order valence-corrected chi connectivity index (χ1v) is 8.28. The Morgan fingerprint density at radius 2 is 2.21 bits per heavy atom. The van der Waals surface area contributed by atoms with Gasteiger partial charge in [-0.2, -0.15) is 5.10 Å². The fourth-order valence-corrected chi connectivity index (χ4v) is 3.36. The number of sulfone groups is 1. The molecule has 1 atom stereocenters. The number of piperazine rings is 1. The molecule has 108 valence electrons. The fraction of sp³-hybridized carbons (Fsp3) is 0.727. The maximum absolute atomic E-state index is 12.0. The van der Waals surface area contributed by atoms with Crippen molar-refractivity contribution in [3.05, 3.63) is 0 Å². The number of hydrogen-bond donors (Lipinski definition) is 2. The van der Waals surface area contributed by atoms with Gasteiger partial charge in [-0.3, -0.25) is 0 Å². The van der Waals surface area contributed by atoms with Crippen LogP contribution in [0.25, 0.3) is 0 Å². The van der Waals surface area contributed by atoms with Crippen LogP contribution in [0.4, 0.5) is 11.6 Å². The topological polar surface area (TPSA) is 93.2 Å². The zero-order valence-electron chi connectivity index (χ0n) is 11.5. The molecule has 1 aliphatic heterocycles. The lowest BCUT2D eigenvalue weighted by Crippen LogP contribution is -2.49. The molecule has 3 N–H and O–H groups in total. The quantitative estimate of drug-likeness (QED) is 0.792. The molecule has 0 aliphatic carbocycles. The van der Waals surface area contributed by atoms with Crippen molar-refractivity contribution in [3.8, 4) is 0 Å². The van der Waals surface area contributed by atoms with Crippen molar-refractivity contribution in [2.24, 2.45) is 0 Å². The summed E-state index contributed by atoms with van der Waals surface area (Å²) in [6.07, 6.45) is 1.18. The van der Waals surface area contributed by atoms with Crippen LogP contribution in [0.15, 0.2) is 4.90 Å². The van der Waals surface area contributed by atoms with Crippen molar-refractivity contribution < 1.29 is 8.42 Å². The Bertz CT molecular complexity index is 566. The van der Waals surface area contributed by atoms with E-state index < -0.39 is 9.84 Å². The lowest BCUT2D eigenvalue weighted by molar-refractivity contribution is 0.478. The molecule has 0 unspecified atom stereocenters. The number of nitrogen functional groups attached to an aromatic ring is 1. The Labute approximate surface area is 113 Å². The zero-order chi connectivity index (χ0) is 14.2. The molecule has 0 saturated carbocycles. The van der Waals surface area contributed by atoms with Crippen LogP contribution in [0.5, 0.6) is 0 Å². The Kier molecular flexibility index (Phi) is 3.73. The fourth-order valence-electron chi connectivity index (χ4n) is 2.37. The molecule has 1 fully saturated rings. The third kappa shape index (κ3) is 2.69. The van der Waals surface area contributed by atoms with Gasteiger partial charge in [0.05, 0.1) is 0 Å². The number of anilines is 2. The molecule has 0 amide bonds. The second kappa shape index (κ2) is 5.01. The van der Waals surface area contributed by atoms with Gasteiger partial charge in [-0.1, -0.05) is 0 Å². The molecule has 2 heterocycles. The first kappa shape index (κ1) is 14.1. The van der Waals surface area contributed by atoms with Crippen molar-refractivity contribution in [1.29, 1.82) is 0 Å². The van der Waals surface area contributed by atoms with Gasteiger partial charge in [0.15, 0.2) is 20.6 Å². The first-order chi connectivity index (χ1) is 8.84. The van der Waals surface area contributed by atoms with E-state index in [0.29, 0.717) is 18.4 Å². The highest BCUT2D eigenvalue weighted by Gasteiger charge is 2.29.